The Hall–Kier alpha value is -0.840. The van der Waals surface area contributed by atoms with Gasteiger partial charge in [0, 0.05) is 15.6 Å². The van der Waals surface area contributed by atoms with Gasteiger partial charge in [-0.2, -0.15) is 0 Å². The number of pyridine rings is 1. The molecule has 0 saturated heterocycles. The van der Waals surface area contributed by atoms with Crippen LogP contribution in [-0.4, -0.2) is 4.98 Å². The molecule has 0 aliphatic rings. The number of aryl methyl sites for hydroxylation is 1. The summed E-state index contributed by atoms with van der Waals surface area (Å²) < 4.78 is 0.937. The van der Waals surface area contributed by atoms with Crippen LogP contribution in [0.3, 0.4) is 0 Å². The first-order valence-corrected chi connectivity index (χ1v) is 6.51. The Morgan fingerprint density at radius 2 is 2.18 bits per heavy atom. The van der Waals surface area contributed by atoms with Crippen LogP contribution >= 0.6 is 27.5 Å². The van der Waals surface area contributed by atoms with Crippen LogP contribution in [0.5, 0.6) is 0 Å². The average molecular weight is 315 g/mol. The van der Waals surface area contributed by atoms with E-state index >= 15 is 0 Å². The van der Waals surface area contributed by atoms with E-state index in [-0.39, 0.29) is 0 Å². The highest BCUT2D eigenvalue weighted by atomic mass is 79.9. The molecule has 0 atom stereocenters. The first kappa shape index (κ1) is 12.6. The fraction of sp³-hybridized carbons (Fsp3) is 0.250. The smallest absolute Gasteiger partial charge is 0.0924 e. The number of halogens is 2. The zero-order valence-electron chi connectivity index (χ0n) is 9.64. The molecule has 2 aromatic rings. The Morgan fingerprint density at radius 3 is 2.76 bits per heavy atom. The molecule has 1 aromatic carbocycles. The van der Waals surface area contributed by atoms with E-state index in [1.54, 1.807) is 0 Å². The van der Waals surface area contributed by atoms with Gasteiger partial charge in [-0.05, 0) is 31.0 Å². The second kappa shape index (κ2) is 4.80. The second-order valence-corrected chi connectivity index (χ2v) is 5.06. The van der Waals surface area contributed by atoms with Gasteiger partial charge in [0.1, 0.15) is 0 Å². The number of hydrazine groups is 1. The fourth-order valence-electron chi connectivity index (χ4n) is 2.05. The van der Waals surface area contributed by atoms with Crippen molar-refractivity contribution in [3.63, 3.8) is 0 Å². The Balaban J connectivity index is 2.98. The highest BCUT2D eigenvalue weighted by Gasteiger charge is 2.14. The van der Waals surface area contributed by atoms with Gasteiger partial charge in [-0.3, -0.25) is 10.8 Å². The number of fused-ring (bicyclic) bond motifs is 1. The van der Waals surface area contributed by atoms with Gasteiger partial charge in [0.2, 0.25) is 0 Å². The molecule has 0 spiro atoms. The maximum absolute atomic E-state index is 6.17. The standard InChI is InChI=1S/C12H13BrClN3/c1-3-7-6(2)16-12-9(14)5-4-8(13)10(12)11(7)17-15/h4-5H,3,15H2,1-2H3,(H,16,17). The monoisotopic (exact) mass is 313 g/mol. The zero-order valence-corrected chi connectivity index (χ0v) is 12.0. The molecule has 0 amide bonds. The first-order valence-electron chi connectivity index (χ1n) is 5.34. The number of hydrogen-bond acceptors (Lipinski definition) is 3. The van der Waals surface area contributed by atoms with E-state index < -0.39 is 0 Å². The number of aromatic nitrogens is 1. The van der Waals surface area contributed by atoms with Crippen molar-refractivity contribution in [1.29, 1.82) is 0 Å². The quantitative estimate of drug-likeness (QED) is 0.654. The van der Waals surface area contributed by atoms with E-state index in [0.29, 0.717) is 5.02 Å². The van der Waals surface area contributed by atoms with E-state index in [1.807, 2.05) is 19.1 Å². The molecule has 0 aliphatic heterocycles. The number of nitrogens with two attached hydrogens (primary N) is 1. The molecular weight excluding hydrogens is 302 g/mol. The van der Waals surface area contributed by atoms with Gasteiger partial charge >= 0.3 is 0 Å². The van der Waals surface area contributed by atoms with Crippen molar-refractivity contribution in [3.8, 4) is 0 Å². The van der Waals surface area contributed by atoms with Gasteiger partial charge in [0.25, 0.3) is 0 Å². The number of rotatable bonds is 2. The van der Waals surface area contributed by atoms with Crippen LogP contribution in [0.1, 0.15) is 18.2 Å². The summed E-state index contributed by atoms with van der Waals surface area (Å²) in [4.78, 5) is 4.56. The maximum Gasteiger partial charge on any atom is 0.0924 e. The minimum absolute atomic E-state index is 0.630. The number of benzene rings is 1. The van der Waals surface area contributed by atoms with E-state index in [4.69, 9.17) is 17.4 Å². The van der Waals surface area contributed by atoms with E-state index in [1.165, 1.54) is 0 Å². The molecule has 0 fully saturated rings. The van der Waals surface area contributed by atoms with Gasteiger partial charge in [0.15, 0.2) is 0 Å². The molecule has 17 heavy (non-hydrogen) atoms. The predicted molar refractivity (Wildman–Crippen MR) is 76.4 cm³/mol. The summed E-state index contributed by atoms with van der Waals surface area (Å²) in [6.07, 6.45) is 0.868. The lowest BCUT2D eigenvalue weighted by atomic mass is 10.0. The van der Waals surface area contributed by atoms with Crippen LogP contribution in [0.25, 0.3) is 10.9 Å². The Labute approximate surface area is 113 Å². The third-order valence-electron chi connectivity index (χ3n) is 2.84. The zero-order chi connectivity index (χ0) is 12.6. The summed E-state index contributed by atoms with van der Waals surface area (Å²) in [7, 11) is 0. The Bertz CT molecular complexity index is 584. The molecule has 90 valence electrons. The van der Waals surface area contributed by atoms with Crippen molar-refractivity contribution in [2.45, 2.75) is 20.3 Å². The summed E-state index contributed by atoms with van der Waals surface area (Å²) in [6, 6.07) is 3.73. The van der Waals surface area contributed by atoms with E-state index in [9.17, 15) is 0 Å². The SMILES string of the molecule is CCc1c(C)nc2c(Cl)ccc(Br)c2c1NN. The molecule has 0 unspecified atom stereocenters. The molecule has 0 bridgehead atoms. The van der Waals surface area contributed by atoms with Crippen LogP contribution in [0.2, 0.25) is 5.02 Å². The van der Waals surface area contributed by atoms with Gasteiger partial charge in [-0.1, -0.05) is 34.5 Å². The minimum atomic E-state index is 0.630. The Morgan fingerprint density at radius 1 is 1.47 bits per heavy atom. The van der Waals surface area contributed by atoms with Gasteiger partial charge < -0.3 is 5.43 Å². The molecule has 5 heteroatoms. The third kappa shape index (κ3) is 2.01. The maximum atomic E-state index is 6.17. The van der Waals surface area contributed by atoms with Crippen molar-refractivity contribution in [3.05, 3.63) is 32.9 Å². The minimum Gasteiger partial charge on any atom is -0.323 e. The van der Waals surface area contributed by atoms with E-state index in [2.05, 4.69) is 33.3 Å². The van der Waals surface area contributed by atoms with Crippen molar-refractivity contribution in [1.82, 2.24) is 4.98 Å². The molecule has 3 N–H and O–H groups in total. The molecule has 0 aliphatic carbocycles. The van der Waals surface area contributed by atoms with Crippen LogP contribution < -0.4 is 11.3 Å². The van der Waals surface area contributed by atoms with Crippen LogP contribution in [0.4, 0.5) is 5.69 Å². The van der Waals surface area contributed by atoms with Crippen LogP contribution in [-0.2, 0) is 6.42 Å². The molecule has 2 rings (SSSR count). The summed E-state index contributed by atoms with van der Waals surface area (Å²) in [5.41, 5.74) is 6.50. The third-order valence-corrected chi connectivity index (χ3v) is 3.81. The normalized spacial score (nSPS) is 10.9. The number of nitrogens with zero attached hydrogens (tertiary/aromatic N) is 1. The molecular formula is C12H13BrClN3. The highest BCUT2D eigenvalue weighted by Crippen LogP contribution is 2.36. The Kier molecular flexibility index (Phi) is 3.56. The molecule has 3 nitrogen and oxygen atoms in total. The second-order valence-electron chi connectivity index (χ2n) is 3.80. The van der Waals surface area contributed by atoms with Crippen molar-refractivity contribution >= 4 is 44.1 Å². The molecule has 0 radical (unpaired) electrons. The molecule has 0 saturated carbocycles. The van der Waals surface area contributed by atoms with Crippen molar-refractivity contribution in [2.75, 3.05) is 5.43 Å². The average Bonchev–Trinajstić information content (AvgIpc) is 2.32. The predicted octanol–water partition coefficient (Wildman–Crippen LogP) is 3.81. The van der Waals surface area contributed by atoms with Gasteiger partial charge in [0.05, 0.1) is 16.2 Å². The highest BCUT2D eigenvalue weighted by molar-refractivity contribution is 9.10. The fourth-order valence-corrected chi connectivity index (χ4v) is 2.77. The van der Waals surface area contributed by atoms with Crippen LogP contribution in [0.15, 0.2) is 16.6 Å². The lowest BCUT2D eigenvalue weighted by Gasteiger charge is -2.15. The van der Waals surface area contributed by atoms with Crippen LogP contribution in [0, 0.1) is 6.92 Å². The lowest BCUT2D eigenvalue weighted by molar-refractivity contribution is 1.06. The number of nitrogens with one attached hydrogen (secondary N) is 1. The number of nitrogen functional groups attached to an aromatic ring is 1. The summed E-state index contributed by atoms with van der Waals surface area (Å²) in [5, 5.41) is 1.56. The molecule has 1 aromatic heterocycles. The van der Waals surface area contributed by atoms with Crippen molar-refractivity contribution < 1.29 is 0 Å². The lowest BCUT2D eigenvalue weighted by Crippen LogP contribution is -2.11. The number of anilines is 1. The van der Waals surface area contributed by atoms with Gasteiger partial charge in [-0.15, -0.1) is 0 Å². The summed E-state index contributed by atoms with van der Waals surface area (Å²) in [5.74, 6) is 5.64. The van der Waals surface area contributed by atoms with E-state index in [0.717, 1.165) is 38.7 Å². The number of hydrogen-bond donors (Lipinski definition) is 2. The molecule has 1 heterocycles. The largest absolute Gasteiger partial charge is 0.323 e. The topological polar surface area (TPSA) is 50.9 Å². The summed E-state index contributed by atoms with van der Waals surface area (Å²) in [6.45, 7) is 4.05. The first-order chi connectivity index (χ1) is 8.10. The van der Waals surface area contributed by atoms with Gasteiger partial charge in [-0.25, -0.2) is 0 Å². The van der Waals surface area contributed by atoms with Crippen molar-refractivity contribution in [2.24, 2.45) is 5.84 Å². The summed E-state index contributed by atoms with van der Waals surface area (Å²) >= 11 is 9.69.